The zero-order chi connectivity index (χ0) is 20.1. The molecule has 4 rings (SSSR count). The summed E-state index contributed by atoms with van der Waals surface area (Å²) in [6.07, 6.45) is -1.00. The van der Waals surface area contributed by atoms with Gasteiger partial charge < -0.3 is 9.15 Å². The maximum Gasteiger partial charge on any atom is 0.317 e. The third-order valence-corrected chi connectivity index (χ3v) is 5.04. The normalized spacial score (nSPS) is 11.9. The van der Waals surface area contributed by atoms with Crippen LogP contribution in [-0.2, 0) is 9.53 Å². The lowest BCUT2D eigenvalue weighted by molar-refractivity contribution is -0.144. The number of carbonyl (C=O) groups is 2. The molecule has 0 aliphatic rings. The number of aromatic nitrogens is 1. The second-order valence-electron chi connectivity index (χ2n) is 6.25. The Morgan fingerprint density at radius 2 is 1.55 bits per heavy atom. The van der Waals surface area contributed by atoms with Gasteiger partial charge in [-0.2, -0.15) is 0 Å². The molecule has 144 valence electrons. The zero-order valence-electron chi connectivity index (χ0n) is 15.4. The Kier molecular flexibility index (Phi) is 5.72. The Morgan fingerprint density at radius 1 is 0.897 bits per heavy atom. The van der Waals surface area contributed by atoms with E-state index in [0.717, 1.165) is 17.3 Å². The molecule has 0 saturated heterocycles. The van der Waals surface area contributed by atoms with E-state index in [-0.39, 0.29) is 11.5 Å². The summed E-state index contributed by atoms with van der Waals surface area (Å²) in [4.78, 5) is 29.8. The minimum Gasteiger partial charge on any atom is -0.448 e. The second kappa shape index (κ2) is 8.75. The van der Waals surface area contributed by atoms with E-state index in [1.807, 2.05) is 48.5 Å². The molecule has 1 heterocycles. The van der Waals surface area contributed by atoms with E-state index >= 15 is 0 Å². The molecule has 0 amide bonds. The second-order valence-corrected chi connectivity index (χ2v) is 7.17. The minimum atomic E-state index is -1.00. The summed E-state index contributed by atoms with van der Waals surface area (Å²) in [5.41, 5.74) is 2.50. The highest BCUT2D eigenvalue weighted by atomic mass is 32.2. The van der Waals surface area contributed by atoms with Gasteiger partial charge in [-0.05, 0) is 12.1 Å². The molecule has 4 aromatic rings. The first kappa shape index (κ1) is 19.0. The van der Waals surface area contributed by atoms with Crippen LogP contribution in [0.3, 0.4) is 0 Å². The van der Waals surface area contributed by atoms with E-state index < -0.39 is 12.1 Å². The number of ether oxygens (including phenoxy) is 1. The SMILES string of the molecule is O=C(CSc1nc2ccccc2o1)O[C@@H](C(=O)c1ccccc1)c1ccccc1. The predicted molar refractivity (Wildman–Crippen MR) is 111 cm³/mol. The number of hydrogen-bond donors (Lipinski definition) is 0. The number of benzene rings is 3. The quantitative estimate of drug-likeness (QED) is 0.243. The number of oxazole rings is 1. The van der Waals surface area contributed by atoms with Gasteiger partial charge in [-0.1, -0.05) is 84.6 Å². The van der Waals surface area contributed by atoms with E-state index in [1.54, 1.807) is 36.4 Å². The minimum absolute atomic E-state index is 0.0156. The molecule has 0 aliphatic heterocycles. The molecule has 29 heavy (non-hydrogen) atoms. The smallest absolute Gasteiger partial charge is 0.317 e. The molecule has 0 bridgehead atoms. The number of para-hydroxylation sites is 2. The number of esters is 1. The van der Waals surface area contributed by atoms with Gasteiger partial charge in [0.15, 0.2) is 11.7 Å². The van der Waals surface area contributed by atoms with Gasteiger partial charge in [-0.15, -0.1) is 0 Å². The molecule has 0 fully saturated rings. The lowest BCUT2D eigenvalue weighted by Gasteiger charge is -2.17. The van der Waals surface area contributed by atoms with Gasteiger partial charge in [-0.25, -0.2) is 4.98 Å². The average molecular weight is 403 g/mol. The van der Waals surface area contributed by atoms with Gasteiger partial charge in [0.2, 0.25) is 5.78 Å². The monoisotopic (exact) mass is 403 g/mol. The molecule has 0 saturated carbocycles. The topological polar surface area (TPSA) is 69.4 Å². The Labute approximate surface area is 171 Å². The number of ketones is 1. The Bertz CT molecular complexity index is 1090. The van der Waals surface area contributed by atoms with Crippen molar-refractivity contribution in [1.82, 2.24) is 4.98 Å². The Hall–Kier alpha value is -3.38. The predicted octanol–water partition coefficient (Wildman–Crippen LogP) is 5.09. The number of rotatable bonds is 7. The molecular weight excluding hydrogens is 386 g/mol. The third-order valence-electron chi connectivity index (χ3n) is 4.24. The van der Waals surface area contributed by atoms with E-state index in [2.05, 4.69) is 4.98 Å². The number of carbonyl (C=O) groups excluding carboxylic acids is 2. The molecule has 0 N–H and O–H groups in total. The fourth-order valence-electron chi connectivity index (χ4n) is 2.85. The summed E-state index contributed by atoms with van der Waals surface area (Å²) in [6, 6.07) is 25.2. The Balaban J connectivity index is 1.48. The van der Waals surface area contributed by atoms with Crippen LogP contribution in [0.5, 0.6) is 0 Å². The third kappa shape index (κ3) is 4.55. The van der Waals surface area contributed by atoms with Crippen molar-refractivity contribution in [3.8, 4) is 0 Å². The molecule has 0 spiro atoms. The number of Topliss-reactive ketones (excluding diaryl/α,β-unsaturated/α-hetero) is 1. The molecule has 0 radical (unpaired) electrons. The zero-order valence-corrected chi connectivity index (χ0v) is 16.2. The summed E-state index contributed by atoms with van der Waals surface area (Å²) in [7, 11) is 0. The van der Waals surface area contributed by atoms with Crippen molar-refractivity contribution in [3.63, 3.8) is 0 Å². The fourth-order valence-corrected chi connectivity index (χ4v) is 3.47. The average Bonchev–Trinajstić information content (AvgIpc) is 3.20. The highest BCUT2D eigenvalue weighted by molar-refractivity contribution is 7.99. The van der Waals surface area contributed by atoms with Crippen LogP contribution in [0.15, 0.2) is 94.6 Å². The maximum absolute atomic E-state index is 13.0. The number of hydrogen-bond acceptors (Lipinski definition) is 6. The van der Waals surface area contributed by atoms with Crippen LogP contribution in [0.4, 0.5) is 0 Å². The van der Waals surface area contributed by atoms with E-state index in [4.69, 9.17) is 9.15 Å². The molecule has 3 aromatic carbocycles. The van der Waals surface area contributed by atoms with Gasteiger partial charge >= 0.3 is 5.97 Å². The molecule has 0 unspecified atom stereocenters. The van der Waals surface area contributed by atoms with E-state index in [1.165, 1.54) is 0 Å². The molecule has 6 heteroatoms. The van der Waals surface area contributed by atoms with Crippen molar-refractivity contribution >= 4 is 34.6 Å². The number of thioether (sulfide) groups is 1. The first-order chi connectivity index (χ1) is 14.2. The first-order valence-corrected chi connectivity index (χ1v) is 10.0. The van der Waals surface area contributed by atoms with Gasteiger partial charge in [-0.3, -0.25) is 9.59 Å². The van der Waals surface area contributed by atoms with Crippen molar-refractivity contribution in [2.45, 2.75) is 11.3 Å². The van der Waals surface area contributed by atoms with Crippen LogP contribution < -0.4 is 0 Å². The molecule has 1 aromatic heterocycles. The van der Waals surface area contributed by atoms with Crippen LogP contribution >= 0.6 is 11.8 Å². The highest BCUT2D eigenvalue weighted by Crippen LogP contribution is 2.26. The van der Waals surface area contributed by atoms with E-state index in [0.29, 0.717) is 21.9 Å². The van der Waals surface area contributed by atoms with Crippen molar-refractivity contribution in [1.29, 1.82) is 0 Å². The molecule has 5 nitrogen and oxygen atoms in total. The van der Waals surface area contributed by atoms with Gasteiger partial charge in [0, 0.05) is 11.1 Å². The summed E-state index contributed by atoms with van der Waals surface area (Å²) < 4.78 is 11.2. The lowest BCUT2D eigenvalue weighted by atomic mass is 10.00. The van der Waals surface area contributed by atoms with Crippen molar-refractivity contribution in [2.24, 2.45) is 0 Å². The standard InChI is InChI=1S/C23H17NO4S/c25-20(15-29-23-24-18-13-7-8-14-19(18)27-23)28-22(17-11-5-2-6-12-17)21(26)16-9-3-1-4-10-16/h1-14,22H,15H2/t22-/m1/s1. The molecule has 0 aliphatic carbocycles. The van der Waals surface area contributed by atoms with Crippen molar-refractivity contribution in [2.75, 3.05) is 5.75 Å². The van der Waals surface area contributed by atoms with Crippen molar-refractivity contribution < 1.29 is 18.7 Å². The maximum atomic E-state index is 13.0. The van der Waals surface area contributed by atoms with Crippen LogP contribution in [-0.4, -0.2) is 22.5 Å². The molecular formula is C23H17NO4S. The van der Waals surface area contributed by atoms with Gasteiger partial charge in [0.1, 0.15) is 11.3 Å². The Morgan fingerprint density at radius 3 is 2.28 bits per heavy atom. The van der Waals surface area contributed by atoms with Crippen molar-refractivity contribution in [3.05, 3.63) is 96.1 Å². The van der Waals surface area contributed by atoms with Gasteiger partial charge in [0.25, 0.3) is 5.22 Å². The summed E-state index contributed by atoms with van der Waals surface area (Å²) >= 11 is 1.14. The summed E-state index contributed by atoms with van der Waals surface area (Å²) in [5, 5.41) is 0.383. The summed E-state index contributed by atoms with van der Waals surface area (Å²) in [6.45, 7) is 0. The van der Waals surface area contributed by atoms with Crippen LogP contribution in [0, 0.1) is 0 Å². The number of fused-ring (bicyclic) bond motifs is 1. The fraction of sp³-hybridized carbons (Fsp3) is 0.0870. The van der Waals surface area contributed by atoms with Crippen LogP contribution in [0.1, 0.15) is 22.0 Å². The number of nitrogens with zero attached hydrogens (tertiary/aromatic N) is 1. The van der Waals surface area contributed by atoms with Crippen LogP contribution in [0.2, 0.25) is 0 Å². The molecule has 1 atom stereocenters. The largest absolute Gasteiger partial charge is 0.448 e. The van der Waals surface area contributed by atoms with E-state index in [9.17, 15) is 9.59 Å². The first-order valence-electron chi connectivity index (χ1n) is 9.03. The van der Waals surface area contributed by atoms with Crippen LogP contribution in [0.25, 0.3) is 11.1 Å². The highest BCUT2D eigenvalue weighted by Gasteiger charge is 2.26. The summed E-state index contributed by atoms with van der Waals surface area (Å²) in [5.74, 6) is -0.800. The lowest BCUT2D eigenvalue weighted by Crippen LogP contribution is -2.21. The van der Waals surface area contributed by atoms with Gasteiger partial charge in [0.05, 0.1) is 0 Å².